The third-order valence-electron chi connectivity index (χ3n) is 5.49. The van der Waals surface area contributed by atoms with Crippen molar-refractivity contribution in [1.29, 1.82) is 0 Å². The monoisotopic (exact) mass is 537 g/mol. The van der Waals surface area contributed by atoms with Gasteiger partial charge in [-0.2, -0.15) is 0 Å². The Morgan fingerprint density at radius 3 is 2.16 bits per heavy atom. The van der Waals surface area contributed by atoms with E-state index in [1.54, 1.807) is 72.8 Å². The summed E-state index contributed by atoms with van der Waals surface area (Å²) in [5.74, 6) is 0.455. The van der Waals surface area contributed by atoms with Crippen LogP contribution in [-0.2, 0) is 13.1 Å². The number of hydrogen-bond acceptors (Lipinski definition) is 7. The van der Waals surface area contributed by atoms with Crippen LogP contribution in [0.3, 0.4) is 0 Å². The summed E-state index contributed by atoms with van der Waals surface area (Å²) in [5, 5.41) is 19.5. The molecule has 0 saturated carbocycles. The van der Waals surface area contributed by atoms with Gasteiger partial charge in [0.05, 0.1) is 31.5 Å². The molecule has 1 atom stereocenters. The Bertz CT molecular complexity index is 1610. The largest absolute Gasteiger partial charge is 0.457 e. The van der Waals surface area contributed by atoms with Crippen LogP contribution < -0.4 is 27.5 Å². The number of nitrogens with zero attached hydrogens (tertiary/aromatic N) is 3. The van der Waals surface area contributed by atoms with Gasteiger partial charge in [0.1, 0.15) is 11.5 Å². The summed E-state index contributed by atoms with van der Waals surface area (Å²) in [6, 6.07) is 19.7. The number of primary amides is 1. The molecule has 5 N–H and O–H groups in total. The first-order valence-corrected chi connectivity index (χ1v) is 11.8. The Balaban J connectivity index is 1.68. The number of H-pyrrole nitrogens is 1. The number of nitrogens with one attached hydrogen (secondary N) is 1. The highest BCUT2D eigenvalue weighted by Gasteiger charge is 2.13. The van der Waals surface area contributed by atoms with Gasteiger partial charge in [0, 0.05) is 10.6 Å². The Morgan fingerprint density at radius 2 is 1.58 bits per heavy atom. The maximum absolute atomic E-state index is 13.2. The Morgan fingerprint density at radius 1 is 0.974 bits per heavy atom. The summed E-state index contributed by atoms with van der Waals surface area (Å²) < 4.78 is 7.82. The highest BCUT2D eigenvalue weighted by molar-refractivity contribution is 6.30. The second-order valence-electron chi connectivity index (χ2n) is 8.29. The van der Waals surface area contributed by atoms with Gasteiger partial charge < -0.3 is 20.7 Å². The van der Waals surface area contributed by atoms with Crippen molar-refractivity contribution in [3.63, 3.8) is 0 Å². The maximum Gasteiger partial charge on any atom is 0.335 e. The summed E-state index contributed by atoms with van der Waals surface area (Å²) in [6.45, 7) is -0.944. The van der Waals surface area contributed by atoms with Crippen LogP contribution in [0, 0.1) is 0 Å². The molecular weight excluding hydrogens is 514 g/mol. The van der Waals surface area contributed by atoms with Gasteiger partial charge in [-0.15, -0.1) is 0 Å². The normalized spacial score (nSPS) is 12.3. The van der Waals surface area contributed by atoms with Crippen LogP contribution in [0.25, 0.3) is 0 Å². The summed E-state index contributed by atoms with van der Waals surface area (Å²) in [4.78, 5) is 44.1. The standard InChI is InChI=1S/C26H24ClN5O6/c27-18-5-1-16(2-6-18)13-31-24(30-25(36)32(26(31)37)14-20(34)15-33)29-19-7-11-22(12-8-19)38-21-9-3-17(4-10-21)23(28)35/h1-12,20,33-34H,13-15H2,(H2,28,35)(H,29,30,36)/t20-/m0/s1. The van der Waals surface area contributed by atoms with E-state index in [0.29, 0.717) is 27.8 Å². The average Bonchev–Trinajstić information content (AvgIpc) is 2.91. The molecule has 1 aromatic heterocycles. The minimum Gasteiger partial charge on any atom is -0.457 e. The van der Waals surface area contributed by atoms with Gasteiger partial charge in [0.15, 0.2) is 0 Å². The van der Waals surface area contributed by atoms with Crippen LogP contribution in [0.5, 0.6) is 11.5 Å². The fourth-order valence-electron chi connectivity index (χ4n) is 3.52. The molecule has 0 saturated heterocycles. The second kappa shape index (κ2) is 11.7. The number of benzene rings is 3. The fourth-order valence-corrected chi connectivity index (χ4v) is 3.65. The smallest absolute Gasteiger partial charge is 0.335 e. The van der Waals surface area contributed by atoms with Crippen molar-refractivity contribution in [3.8, 4) is 11.5 Å². The molecule has 1 heterocycles. The van der Waals surface area contributed by atoms with E-state index in [2.05, 4.69) is 9.98 Å². The SMILES string of the molecule is NC(=O)c1ccc(Oc2ccc(/N=c3\[nH]c(=O)n(C[C@H](O)CO)c(=O)n3Cc3ccc(Cl)cc3)cc2)cc1. The molecule has 0 fully saturated rings. The summed E-state index contributed by atoms with van der Waals surface area (Å²) >= 11 is 5.97. The number of rotatable bonds is 9. The third-order valence-corrected chi connectivity index (χ3v) is 5.74. The number of ether oxygens (including phenoxy) is 1. The van der Waals surface area contributed by atoms with Crippen molar-refractivity contribution in [2.75, 3.05) is 6.61 Å². The number of aliphatic hydroxyl groups is 2. The summed E-state index contributed by atoms with van der Waals surface area (Å²) in [6.07, 6.45) is -1.29. The van der Waals surface area contributed by atoms with Crippen molar-refractivity contribution >= 4 is 23.2 Å². The van der Waals surface area contributed by atoms with E-state index < -0.39 is 36.5 Å². The summed E-state index contributed by atoms with van der Waals surface area (Å²) in [7, 11) is 0. The van der Waals surface area contributed by atoms with Gasteiger partial charge >= 0.3 is 11.4 Å². The van der Waals surface area contributed by atoms with Gasteiger partial charge in [-0.1, -0.05) is 23.7 Å². The van der Waals surface area contributed by atoms with Crippen molar-refractivity contribution in [2.45, 2.75) is 19.2 Å². The first-order chi connectivity index (χ1) is 18.2. The first kappa shape index (κ1) is 26.6. The number of hydrogen-bond donors (Lipinski definition) is 4. The topological polar surface area (TPSA) is 165 Å². The van der Waals surface area contributed by atoms with E-state index in [0.717, 1.165) is 10.1 Å². The lowest BCUT2D eigenvalue weighted by Gasteiger charge is -2.13. The zero-order valence-electron chi connectivity index (χ0n) is 20.0. The quantitative estimate of drug-likeness (QED) is 0.253. The molecule has 0 bridgehead atoms. The molecule has 0 radical (unpaired) electrons. The van der Waals surface area contributed by atoms with Crippen LogP contribution in [0.15, 0.2) is 87.4 Å². The number of amides is 1. The highest BCUT2D eigenvalue weighted by atomic mass is 35.5. The molecule has 0 aliphatic rings. The molecule has 11 nitrogen and oxygen atoms in total. The average molecular weight is 538 g/mol. The molecule has 4 rings (SSSR count). The molecule has 0 aliphatic carbocycles. The Labute approximate surface area is 220 Å². The number of carbonyl (C=O) groups is 1. The van der Waals surface area contributed by atoms with E-state index in [-0.39, 0.29) is 12.2 Å². The van der Waals surface area contributed by atoms with Crippen LogP contribution in [0.4, 0.5) is 5.69 Å². The first-order valence-electron chi connectivity index (χ1n) is 11.4. The number of nitrogens with two attached hydrogens (primary N) is 1. The molecule has 3 aromatic carbocycles. The predicted molar refractivity (Wildman–Crippen MR) is 140 cm³/mol. The number of halogens is 1. The molecule has 1 amide bonds. The molecule has 12 heteroatoms. The maximum atomic E-state index is 13.2. The minimum atomic E-state index is -1.29. The van der Waals surface area contributed by atoms with Crippen molar-refractivity contribution in [3.05, 3.63) is 116 Å². The van der Waals surface area contributed by atoms with Gasteiger partial charge in [-0.05, 0) is 66.2 Å². The van der Waals surface area contributed by atoms with Gasteiger partial charge in [-0.25, -0.2) is 19.1 Å². The van der Waals surface area contributed by atoms with Gasteiger partial charge in [-0.3, -0.25) is 14.3 Å². The van der Waals surface area contributed by atoms with Crippen LogP contribution >= 0.6 is 11.6 Å². The lowest BCUT2D eigenvalue weighted by molar-refractivity contribution is 0.0783. The van der Waals surface area contributed by atoms with Crippen LogP contribution in [-0.4, -0.2) is 42.9 Å². The van der Waals surface area contributed by atoms with E-state index in [4.69, 9.17) is 27.2 Å². The van der Waals surface area contributed by atoms with Crippen molar-refractivity contribution in [2.24, 2.45) is 10.7 Å². The highest BCUT2D eigenvalue weighted by Crippen LogP contribution is 2.24. The van der Waals surface area contributed by atoms with E-state index in [9.17, 15) is 19.5 Å². The van der Waals surface area contributed by atoms with Crippen LogP contribution in [0.2, 0.25) is 5.02 Å². The van der Waals surface area contributed by atoms with E-state index in [1.165, 1.54) is 4.57 Å². The molecule has 4 aromatic rings. The lowest BCUT2D eigenvalue weighted by Crippen LogP contribution is -2.51. The molecule has 38 heavy (non-hydrogen) atoms. The number of aromatic amines is 1. The molecule has 0 unspecified atom stereocenters. The number of carbonyl (C=O) groups excluding carboxylic acids is 1. The molecule has 196 valence electrons. The van der Waals surface area contributed by atoms with Gasteiger partial charge in [0.25, 0.3) is 0 Å². The zero-order valence-corrected chi connectivity index (χ0v) is 20.7. The summed E-state index contributed by atoms with van der Waals surface area (Å²) in [5.41, 5.74) is 5.25. The second-order valence-corrected chi connectivity index (χ2v) is 8.73. The van der Waals surface area contributed by atoms with Gasteiger partial charge in [0.2, 0.25) is 11.5 Å². The zero-order chi connectivity index (χ0) is 27.2. The molecule has 0 spiro atoms. The number of aromatic nitrogens is 3. The predicted octanol–water partition coefficient (Wildman–Crippen LogP) is 1.52. The van der Waals surface area contributed by atoms with E-state index >= 15 is 0 Å². The molecule has 0 aliphatic heterocycles. The van der Waals surface area contributed by atoms with Crippen molar-refractivity contribution in [1.82, 2.24) is 14.1 Å². The lowest BCUT2D eigenvalue weighted by atomic mass is 10.2. The minimum absolute atomic E-state index is 0.0135. The third kappa shape index (κ3) is 6.45. The van der Waals surface area contributed by atoms with Crippen molar-refractivity contribution < 1.29 is 19.7 Å². The Kier molecular flexibility index (Phi) is 8.22. The number of aliphatic hydroxyl groups excluding tert-OH is 2. The van der Waals surface area contributed by atoms with Crippen LogP contribution in [0.1, 0.15) is 15.9 Å². The Hall–Kier alpha value is -4.45. The molecular formula is C26H24ClN5O6. The van der Waals surface area contributed by atoms with E-state index in [1.807, 2.05) is 0 Å². The fraction of sp³-hybridized carbons (Fsp3) is 0.154.